The molecule has 1 unspecified atom stereocenters. The summed E-state index contributed by atoms with van der Waals surface area (Å²) in [7, 11) is 3.99. The van der Waals surface area contributed by atoms with E-state index in [0.29, 0.717) is 16.7 Å². The van der Waals surface area contributed by atoms with Gasteiger partial charge in [-0.2, -0.15) is 0 Å². The van der Waals surface area contributed by atoms with Gasteiger partial charge in [-0.3, -0.25) is 19.8 Å². The summed E-state index contributed by atoms with van der Waals surface area (Å²) in [6.07, 6.45) is 0.851. The van der Waals surface area contributed by atoms with Crippen LogP contribution in [0.25, 0.3) is 0 Å². The molecule has 2 aromatic carbocycles. The first-order valence-electron chi connectivity index (χ1n) is 10.3. The van der Waals surface area contributed by atoms with E-state index in [9.17, 15) is 14.9 Å². The quantitative estimate of drug-likeness (QED) is 0.252. The highest BCUT2D eigenvalue weighted by Crippen LogP contribution is 2.29. The van der Waals surface area contributed by atoms with Gasteiger partial charge in [-0.25, -0.2) is 0 Å². The van der Waals surface area contributed by atoms with Crippen molar-refractivity contribution in [1.82, 2.24) is 19.7 Å². The Morgan fingerprint density at radius 3 is 2.61 bits per heavy atom. The molecule has 1 N–H and O–H groups in total. The third kappa shape index (κ3) is 6.31. The van der Waals surface area contributed by atoms with E-state index in [1.54, 1.807) is 0 Å². The Hall–Kier alpha value is -2.95. The number of nitro groups is 1. The summed E-state index contributed by atoms with van der Waals surface area (Å²) in [6.45, 7) is 2.65. The topological polar surface area (TPSA) is 106 Å². The van der Waals surface area contributed by atoms with Crippen molar-refractivity contribution in [3.8, 4) is 0 Å². The highest BCUT2D eigenvalue weighted by Gasteiger charge is 2.23. The Balaban J connectivity index is 1.80. The summed E-state index contributed by atoms with van der Waals surface area (Å²) in [5.74, 6) is 0.426. The van der Waals surface area contributed by atoms with Crippen LogP contribution in [0.1, 0.15) is 30.8 Å². The van der Waals surface area contributed by atoms with Crippen molar-refractivity contribution in [2.75, 3.05) is 25.2 Å². The summed E-state index contributed by atoms with van der Waals surface area (Å²) in [5, 5.41) is 23.5. The molecule has 9 nitrogen and oxygen atoms in total. The van der Waals surface area contributed by atoms with Crippen LogP contribution in [-0.2, 0) is 11.3 Å². The Morgan fingerprint density at radius 1 is 1.24 bits per heavy atom. The van der Waals surface area contributed by atoms with Crippen LogP contribution in [0, 0.1) is 10.1 Å². The number of thioether (sulfide) groups is 1. The van der Waals surface area contributed by atoms with Gasteiger partial charge in [0.25, 0.3) is 5.69 Å². The SMILES string of the molecule is CCC(c1nnc(SCC(=O)Nc2cc(Cl)ccc2[N+](=O)[O-])n1Cc1ccccc1)N(C)C. The predicted octanol–water partition coefficient (Wildman–Crippen LogP) is 4.63. The second kappa shape index (κ2) is 11.3. The fourth-order valence-corrected chi connectivity index (χ4v) is 4.35. The lowest BCUT2D eigenvalue weighted by Gasteiger charge is -2.23. The first kappa shape index (κ1) is 24.7. The van der Waals surface area contributed by atoms with E-state index in [-0.39, 0.29) is 23.2 Å². The number of anilines is 1. The molecule has 0 bridgehead atoms. The lowest BCUT2D eigenvalue weighted by Crippen LogP contribution is -2.23. The van der Waals surface area contributed by atoms with Gasteiger partial charge in [0.1, 0.15) is 5.69 Å². The van der Waals surface area contributed by atoms with Gasteiger partial charge < -0.3 is 9.88 Å². The zero-order valence-electron chi connectivity index (χ0n) is 18.6. The second-order valence-electron chi connectivity index (χ2n) is 7.56. The fourth-order valence-electron chi connectivity index (χ4n) is 3.43. The third-order valence-corrected chi connectivity index (χ3v) is 6.20. The number of carbonyl (C=O) groups is 1. The summed E-state index contributed by atoms with van der Waals surface area (Å²) in [6, 6.07) is 14.1. The molecule has 1 aromatic heterocycles. The molecule has 33 heavy (non-hydrogen) atoms. The highest BCUT2D eigenvalue weighted by atomic mass is 35.5. The summed E-state index contributed by atoms with van der Waals surface area (Å²) < 4.78 is 2.02. The van der Waals surface area contributed by atoms with Crippen LogP contribution in [0.5, 0.6) is 0 Å². The van der Waals surface area contributed by atoms with Crippen LogP contribution >= 0.6 is 23.4 Å². The normalized spacial score (nSPS) is 12.0. The van der Waals surface area contributed by atoms with Crippen LogP contribution in [-0.4, -0.2) is 50.3 Å². The molecule has 3 aromatic rings. The standard InChI is InChI=1S/C22H25ClN6O3S/c1-4-18(27(2)3)21-25-26-22(28(21)13-15-8-6-5-7-9-15)33-14-20(30)24-17-12-16(23)10-11-19(17)29(31)32/h5-12,18H,4,13-14H2,1-3H3,(H,24,30). The van der Waals surface area contributed by atoms with E-state index in [4.69, 9.17) is 11.6 Å². The smallest absolute Gasteiger partial charge is 0.292 e. The molecule has 3 rings (SSSR count). The van der Waals surface area contributed by atoms with Gasteiger partial charge in [0, 0.05) is 11.1 Å². The molecule has 0 saturated carbocycles. The summed E-state index contributed by atoms with van der Waals surface area (Å²) >= 11 is 7.17. The molecule has 1 atom stereocenters. The van der Waals surface area contributed by atoms with Gasteiger partial charge in [-0.15, -0.1) is 10.2 Å². The number of nitrogens with zero attached hydrogens (tertiary/aromatic N) is 5. The molecule has 0 radical (unpaired) electrons. The first-order valence-corrected chi connectivity index (χ1v) is 11.7. The third-order valence-electron chi connectivity index (χ3n) is 5.00. The van der Waals surface area contributed by atoms with E-state index in [1.165, 1.54) is 30.0 Å². The lowest BCUT2D eigenvalue weighted by atomic mass is 10.2. The van der Waals surface area contributed by atoms with Crippen molar-refractivity contribution in [3.63, 3.8) is 0 Å². The molecule has 174 valence electrons. The Bertz CT molecular complexity index is 1120. The van der Waals surface area contributed by atoms with Crippen molar-refractivity contribution in [3.05, 3.63) is 75.1 Å². The van der Waals surface area contributed by atoms with Gasteiger partial charge in [0.15, 0.2) is 11.0 Å². The maximum atomic E-state index is 12.6. The van der Waals surface area contributed by atoms with E-state index in [1.807, 2.05) is 49.0 Å². The average Bonchev–Trinajstić information content (AvgIpc) is 3.15. The van der Waals surface area contributed by atoms with Crippen molar-refractivity contribution in [2.24, 2.45) is 0 Å². The largest absolute Gasteiger partial charge is 0.320 e. The maximum Gasteiger partial charge on any atom is 0.292 e. The molecule has 1 heterocycles. The number of nitro benzene ring substituents is 1. The monoisotopic (exact) mass is 488 g/mol. The van der Waals surface area contributed by atoms with E-state index in [0.717, 1.165) is 17.8 Å². The van der Waals surface area contributed by atoms with Crippen molar-refractivity contribution in [1.29, 1.82) is 0 Å². The predicted molar refractivity (Wildman–Crippen MR) is 130 cm³/mol. The Kier molecular flexibility index (Phi) is 8.43. The molecule has 0 aliphatic rings. The van der Waals surface area contributed by atoms with Gasteiger partial charge in [-0.1, -0.05) is 60.6 Å². The van der Waals surface area contributed by atoms with Gasteiger partial charge in [0.05, 0.1) is 23.3 Å². The van der Waals surface area contributed by atoms with E-state index < -0.39 is 10.8 Å². The Morgan fingerprint density at radius 2 is 1.97 bits per heavy atom. The van der Waals surface area contributed by atoms with Gasteiger partial charge in [-0.05, 0) is 38.2 Å². The number of amides is 1. The van der Waals surface area contributed by atoms with Crippen LogP contribution < -0.4 is 5.32 Å². The molecule has 0 spiro atoms. The molecule has 0 fully saturated rings. The molecule has 0 saturated heterocycles. The number of aromatic nitrogens is 3. The van der Waals surface area contributed by atoms with Crippen LogP contribution in [0.3, 0.4) is 0 Å². The number of hydrogen-bond donors (Lipinski definition) is 1. The minimum atomic E-state index is -0.562. The number of hydrogen-bond acceptors (Lipinski definition) is 7. The second-order valence-corrected chi connectivity index (χ2v) is 8.93. The maximum absolute atomic E-state index is 12.6. The van der Waals surface area contributed by atoms with Crippen LogP contribution in [0.4, 0.5) is 11.4 Å². The number of benzene rings is 2. The summed E-state index contributed by atoms with van der Waals surface area (Å²) in [5.41, 5.74) is 0.931. The minimum Gasteiger partial charge on any atom is -0.320 e. The zero-order valence-corrected chi connectivity index (χ0v) is 20.1. The lowest BCUT2D eigenvalue weighted by molar-refractivity contribution is -0.383. The van der Waals surface area contributed by atoms with Crippen molar-refractivity contribution in [2.45, 2.75) is 31.1 Å². The molecule has 1 amide bonds. The molecule has 11 heteroatoms. The first-order chi connectivity index (χ1) is 15.8. The molecular formula is C22H25ClN6O3S. The number of nitrogens with one attached hydrogen (secondary N) is 1. The molecule has 0 aliphatic carbocycles. The Labute approximate surface area is 201 Å². The minimum absolute atomic E-state index is 0.00927. The number of rotatable bonds is 10. The zero-order chi connectivity index (χ0) is 24.0. The molecular weight excluding hydrogens is 464 g/mol. The van der Waals surface area contributed by atoms with Crippen LogP contribution in [0.2, 0.25) is 5.02 Å². The summed E-state index contributed by atoms with van der Waals surface area (Å²) in [4.78, 5) is 25.4. The van der Waals surface area contributed by atoms with E-state index >= 15 is 0 Å². The van der Waals surface area contributed by atoms with Gasteiger partial charge >= 0.3 is 0 Å². The number of halogens is 1. The number of carbonyl (C=O) groups excluding carboxylic acids is 1. The van der Waals surface area contributed by atoms with Crippen LogP contribution in [0.15, 0.2) is 53.7 Å². The highest BCUT2D eigenvalue weighted by molar-refractivity contribution is 7.99. The van der Waals surface area contributed by atoms with E-state index in [2.05, 4.69) is 27.3 Å². The average molecular weight is 489 g/mol. The van der Waals surface area contributed by atoms with Crippen molar-refractivity contribution >= 4 is 40.6 Å². The van der Waals surface area contributed by atoms with Gasteiger partial charge in [0.2, 0.25) is 5.91 Å². The molecule has 0 aliphatic heterocycles. The van der Waals surface area contributed by atoms with Crippen molar-refractivity contribution < 1.29 is 9.72 Å². The fraction of sp³-hybridized carbons (Fsp3) is 0.318.